The van der Waals surface area contributed by atoms with E-state index in [1.165, 1.54) is 12.8 Å². The Bertz CT molecular complexity index is 464. The predicted molar refractivity (Wildman–Crippen MR) is 83.8 cm³/mol. The van der Waals surface area contributed by atoms with Gasteiger partial charge in [-0.1, -0.05) is 38.0 Å². The van der Waals surface area contributed by atoms with Gasteiger partial charge in [0.25, 0.3) is 0 Å². The summed E-state index contributed by atoms with van der Waals surface area (Å²) in [5.74, 6) is 0.276. The molecule has 110 valence electrons. The maximum absolute atomic E-state index is 13.0. The number of benzene rings is 1. The number of nitrogens with two attached hydrogens (primary N) is 1. The van der Waals surface area contributed by atoms with Crippen LogP contribution < -0.4 is 10.6 Å². The average molecular weight is 274 g/mol. The molecule has 0 aromatic heterocycles. The van der Waals surface area contributed by atoms with Crippen LogP contribution in [0.2, 0.25) is 0 Å². The molecule has 2 rings (SSSR count). The average Bonchev–Trinajstić information content (AvgIpc) is 2.89. The van der Waals surface area contributed by atoms with Crippen molar-refractivity contribution >= 4 is 11.6 Å². The summed E-state index contributed by atoms with van der Waals surface area (Å²) in [7, 11) is 0. The summed E-state index contributed by atoms with van der Waals surface area (Å²) < 4.78 is 0. The Morgan fingerprint density at radius 3 is 2.55 bits per heavy atom. The Balaban J connectivity index is 2.28. The van der Waals surface area contributed by atoms with E-state index in [1.54, 1.807) is 0 Å². The molecule has 0 aliphatic heterocycles. The van der Waals surface area contributed by atoms with Crippen LogP contribution >= 0.6 is 0 Å². The number of amides is 1. The Morgan fingerprint density at radius 2 is 1.95 bits per heavy atom. The molecule has 1 fully saturated rings. The molecule has 0 saturated heterocycles. The highest BCUT2D eigenvalue weighted by atomic mass is 16.2. The summed E-state index contributed by atoms with van der Waals surface area (Å²) in [6.07, 6.45) is 5.20. The molecule has 1 aromatic carbocycles. The molecular weight excluding hydrogens is 248 g/mol. The molecule has 0 unspecified atom stereocenters. The molecule has 1 aliphatic rings. The van der Waals surface area contributed by atoms with Gasteiger partial charge in [0.05, 0.1) is 0 Å². The van der Waals surface area contributed by atoms with Crippen molar-refractivity contribution in [2.45, 2.75) is 46.0 Å². The van der Waals surface area contributed by atoms with E-state index in [0.717, 1.165) is 37.1 Å². The van der Waals surface area contributed by atoms with E-state index in [2.05, 4.69) is 19.9 Å². The highest BCUT2D eigenvalue weighted by Gasteiger charge is 2.39. The molecule has 0 spiro atoms. The van der Waals surface area contributed by atoms with E-state index in [1.807, 2.05) is 23.1 Å². The number of nitrogens with zero attached hydrogens (tertiary/aromatic N) is 1. The molecule has 3 heteroatoms. The van der Waals surface area contributed by atoms with Crippen molar-refractivity contribution in [3.63, 3.8) is 0 Å². The van der Waals surface area contributed by atoms with Crippen LogP contribution in [0.5, 0.6) is 0 Å². The summed E-state index contributed by atoms with van der Waals surface area (Å²) in [6, 6.07) is 8.13. The molecule has 0 atom stereocenters. The Labute approximate surface area is 122 Å². The van der Waals surface area contributed by atoms with Crippen molar-refractivity contribution in [3.05, 3.63) is 29.8 Å². The number of hydrogen-bond acceptors (Lipinski definition) is 2. The fourth-order valence-corrected chi connectivity index (χ4v) is 3.14. The van der Waals surface area contributed by atoms with Crippen molar-refractivity contribution in [1.29, 1.82) is 0 Å². The molecule has 20 heavy (non-hydrogen) atoms. The van der Waals surface area contributed by atoms with Crippen molar-refractivity contribution in [3.8, 4) is 0 Å². The van der Waals surface area contributed by atoms with Gasteiger partial charge in [-0.05, 0) is 44.4 Å². The monoisotopic (exact) mass is 274 g/mol. The number of aryl methyl sites for hydroxylation is 1. The number of para-hydroxylation sites is 1. The Morgan fingerprint density at radius 1 is 1.30 bits per heavy atom. The summed E-state index contributed by atoms with van der Waals surface area (Å²) in [5, 5.41) is 0. The van der Waals surface area contributed by atoms with Crippen molar-refractivity contribution in [2.75, 3.05) is 18.0 Å². The van der Waals surface area contributed by atoms with Crippen LogP contribution in [0.25, 0.3) is 0 Å². The lowest BCUT2D eigenvalue weighted by atomic mass is 9.86. The van der Waals surface area contributed by atoms with Crippen molar-refractivity contribution < 1.29 is 4.79 Å². The predicted octanol–water partition coefficient (Wildman–Crippen LogP) is 3.26. The van der Waals surface area contributed by atoms with E-state index in [4.69, 9.17) is 5.73 Å². The van der Waals surface area contributed by atoms with E-state index in [0.29, 0.717) is 6.54 Å². The third kappa shape index (κ3) is 3.04. The van der Waals surface area contributed by atoms with Crippen LogP contribution in [0.15, 0.2) is 24.3 Å². The first-order chi connectivity index (χ1) is 9.58. The standard InChI is InChI=1S/C17H26N2O/c1-14-8-3-4-9-15(14)19(13-7-12-18)16(20)17(2)10-5-6-11-17/h3-4,8-9H,5-7,10-13,18H2,1-2H3. The van der Waals surface area contributed by atoms with E-state index < -0.39 is 0 Å². The fraction of sp³-hybridized carbons (Fsp3) is 0.588. The molecule has 2 N–H and O–H groups in total. The summed E-state index contributed by atoms with van der Waals surface area (Å²) in [6.45, 7) is 5.52. The number of hydrogen-bond donors (Lipinski definition) is 1. The molecule has 3 nitrogen and oxygen atoms in total. The molecule has 0 bridgehead atoms. The normalized spacial score (nSPS) is 17.1. The summed E-state index contributed by atoms with van der Waals surface area (Å²) >= 11 is 0. The van der Waals surface area contributed by atoms with Gasteiger partial charge < -0.3 is 10.6 Å². The SMILES string of the molecule is Cc1ccccc1N(CCCN)C(=O)C1(C)CCCC1. The van der Waals surface area contributed by atoms with Crippen LogP contribution in [-0.2, 0) is 4.79 Å². The quantitative estimate of drug-likeness (QED) is 0.896. The topological polar surface area (TPSA) is 46.3 Å². The lowest BCUT2D eigenvalue weighted by Gasteiger charge is -2.32. The van der Waals surface area contributed by atoms with Crippen LogP contribution in [-0.4, -0.2) is 19.0 Å². The Hall–Kier alpha value is -1.35. The first-order valence-electron chi connectivity index (χ1n) is 7.66. The lowest BCUT2D eigenvalue weighted by molar-refractivity contribution is -0.127. The van der Waals surface area contributed by atoms with Gasteiger partial charge in [-0.2, -0.15) is 0 Å². The van der Waals surface area contributed by atoms with Crippen LogP contribution in [0.3, 0.4) is 0 Å². The molecule has 1 aliphatic carbocycles. The smallest absolute Gasteiger partial charge is 0.232 e. The number of carbonyl (C=O) groups excluding carboxylic acids is 1. The van der Waals surface area contributed by atoms with Gasteiger partial charge in [0, 0.05) is 17.6 Å². The largest absolute Gasteiger partial charge is 0.330 e. The molecule has 1 amide bonds. The van der Waals surface area contributed by atoms with Gasteiger partial charge in [0.1, 0.15) is 0 Å². The highest BCUT2D eigenvalue weighted by Crippen LogP contribution is 2.40. The third-order valence-corrected chi connectivity index (χ3v) is 4.46. The molecular formula is C17H26N2O. The van der Waals surface area contributed by atoms with Gasteiger partial charge in [-0.25, -0.2) is 0 Å². The van der Waals surface area contributed by atoms with Crippen LogP contribution in [0.4, 0.5) is 5.69 Å². The molecule has 0 radical (unpaired) electrons. The molecule has 1 aromatic rings. The zero-order valence-corrected chi connectivity index (χ0v) is 12.7. The van der Waals surface area contributed by atoms with Gasteiger partial charge in [-0.15, -0.1) is 0 Å². The van der Waals surface area contributed by atoms with E-state index in [9.17, 15) is 4.79 Å². The van der Waals surface area contributed by atoms with Crippen molar-refractivity contribution in [2.24, 2.45) is 11.1 Å². The number of anilines is 1. The van der Waals surface area contributed by atoms with E-state index in [-0.39, 0.29) is 11.3 Å². The maximum atomic E-state index is 13.0. The summed E-state index contributed by atoms with van der Waals surface area (Å²) in [5.41, 5.74) is 7.65. The number of carbonyl (C=O) groups is 1. The zero-order chi connectivity index (χ0) is 14.6. The fourth-order valence-electron chi connectivity index (χ4n) is 3.14. The minimum absolute atomic E-state index is 0.184. The first-order valence-corrected chi connectivity index (χ1v) is 7.66. The zero-order valence-electron chi connectivity index (χ0n) is 12.7. The second kappa shape index (κ2) is 6.40. The lowest BCUT2D eigenvalue weighted by Crippen LogP contribution is -2.42. The Kier molecular flexibility index (Phi) is 4.81. The van der Waals surface area contributed by atoms with Crippen LogP contribution in [0, 0.1) is 12.3 Å². The molecule has 0 heterocycles. The van der Waals surface area contributed by atoms with Crippen LogP contribution in [0.1, 0.15) is 44.6 Å². The van der Waals surface area contributed by atoms with Gasteiger partial charge in [-0.3, -0.25) is 4.79 Å². The molecule has 1 saturated carbocycles. The third-order valence-electron chi connectivity index (χ3n) is 4.46. The van der Waals surface area contributed by atoms with Crippen molar-refractivity contribution in [1.82, 2.24) is 0 Å². The van der Waals surface area contributed by atoms with E-state index >= 15 is 0 Å². The van der Waals surface area contributed by atoms with Gasteiger partial charge >= 0.3 is 0 Å². The second-order valence-electron chi connectivity index (χ2n) is 6.15. The maximum Gasteiger partial charge on any atom is 0.232 e. The highest BCUT2D eigenvalue weighted by molar-refractivity contribution is 5.98. The first kappa shape index (κ1) is 15.0. The minimum Gasteiger partial charge on any atom is -0.330 e. The minimum atomic E-state index is -0.184. The van der Waals surface area contributed by atoms with Gasteiger partial charge in [0.15, 0.2) is 0 Å². The number of rotatable bonds is 5. The second-order valence-corrected chi connectivity index (χ2v) is 6.15. The summed E-state index contributed by atoms with van der Waals surface area (Å²) in [4.78, 5) is 15.0. The van der Waals surface area contributed by atoms with Gasteiger partial charge in [0.2, 0.25) is 5.91 Å².